The van der Waals surface area contributed by atoms with Gasteiger partial charge < -0.3 is 4.57 Å². The number of hydrogen-bond donors (Lipinski definition) is 0. The van der Waals surface area contributed by atoms with Crippen molar-refractivity contribution < 1.29 is 0 Å². The quantitative estimate of drug-likeness (QED) is 0.555. The van der Waals surface area contributed by atoms with Gasteiger partial charge in [-0.05, 0) is 23.7 Å². The Labute approximate surface area is 141 Å². The van der Waals surface area contributed by atoms with Crippen LogP contribution in [0.2, 0.25) is 0 Å². The zero-order valence-electron chi connectivity index (χ0n) is 12.2. The molecule has 0 spiro atoms. The Morgan fingerprint density at radius 1 is 1.09 bits per heavy atom. The summed E-state index contributed by atoms with van der Waals surface area (Å²) >= 11 is 3.10. The molecule has 0 saturated heterocycles. The highest BCUT2D eigenvalue weighted by Crippen LogP contribution is 2.23. The largest absolute Gasteiger partial charge is 0.331 e. The second-order valence-electron chi connectivity index (χ2n) is 4.99. The number of imidazole rings is 1. The molecule has 7 heteroatoms. The van der Waals surface area contributed by atoms with E-state index in [1.165, 1.54) is 11.5 Å². The zero-order chi connectivity index (χ0) is 15.5. The molecule has 0 fully saturated rings. The van der Waals surface area contributed by atoms with Gasteiger partial charge in [-0.1, -0.05) is 0 Å². The van der Waals surface area contributed by atoms with Crippen LogP contribution in [0.5, 0.6) is 0 Å². The van der Waals surface area contributed by atoms with E-state index in [0.717, 1.165) is 40.6 Å². The molecule has 114 valence electrons. The number of aryl methyl sites for hydroxylation is 2. The third-order valence-corrected chi connectivity index (χ3v) is 5.00. The summed E-state index contributed by atoms with van der Waals surface area (Å²) in [5.41, 5.74) is 3.22. The summed E-state index contributed by atoms with van der Waals surface area (Å²) in [5, 5.41) is 5.15. The van der Waals surface area contributed by atoms with Gasteiger partial charge in [-0.25, -0.2) is 14.3 Å². The Kier molecular flexibility index (Phi) is 3.95. The van der Waals surface area contributed by atoms with Gasteiger partial charge in [-0.3, -0.25) is 4.98 Å². The lowest BCUT2D eigenvalue weighted by Crippen LogP contribution is -2.02. The normalized spacial score (nSPS) is 11.0. The fourth-order valence-corrected chi connectivity index (χ4v) is 3.70. The van der Waals surface area contributed by atoms with E-state index >= 15 is 0 Å². The van der Waals surface area contributed by atoms with Crippen LogP contribution in [0.4, 0.5) is 0 Å². The number of nitrogens with zero attached hydrogens (tertiary/aromatic N) is 5. The third kappa shape index (κ3) is 3.06. The van der Waals surface area contributed by atoms with Crippen LogP contribution in [0.1, 0.15) is 5.69 Å². The van der Waals surface area contributed by atoms with Gasteiger partial charge in [0.1, 0.15) is 10.8 Å². The molecule has 0 unspecified atom stereocenters. The van der Waals surface area contributed by atoms with Crippen LogP contribution in [-0.2, 0) is 13.0 Å². The van der Waals surface area contributed by atoms with Crippen molar-refractivity contribution in [2.45, 2.75) is 13.0 Å². The first-order chi connectivity index (χ1) is 11.4. The fourth-order valence-electron chi connectivity index (χ4n) is 2.34. The topological polar surface area (TPSA) is 56.5 Å². The molecule has 0 radical (unpaired) electrons. The Balaban J connectivity index is 1.49. The zero-order valence-corrected chi connectivity index (χ0v) is 13.8. The Bertz CT molecular complexity index is 880. The van der Waals surface area contributed by atoms with Crippen molar-refractivity contribution in [1.82, 2.24) is 23.9 Å². The van der Waals surface area contributed by atoms with Crippen LogP contribution < -0.4 is 0 Å². The molecule has 23 heavy (non-hydrogen) atoms. The van der Waals surface area contributed by atoms with Crippen molar-refractivity contribution in [1.29, 1.82) is 0 Å². The fraction of sp³-hybridized carbons (Fsp3) is 0.125. The lowest BCUT2D eigenvalue weighted by Gasteiger charge is -2.04. The highest BCUT2D eigenvalue weighted by Gasteiger charge is 2.09. The van der Waals surface area contributed by atoms with E-state index < -0.39 is 0 Å². The highest BCUT2D eigenvalue weighted by molar-refractivity contribution is 7.13. The van der Waals surface area contributed by atoms with E-state index in [2.05, 4.69) is 24.3 Å². The van der Waals surface area contributed by atoms with Crippen molar-refractivity contribution in [3.63, 3.8) is 0 Å². The summed E-state index contributed by atoms with van der Waals surface area (Å²) < 4.78 is 6.29. The minimum absolute atomic E-state index is 0.849. The first kappa shape index (κ1) is 14.2. The number of thiazole rings is 1. The van der Waals surface area contributed by atoms with Gasteiger partial charge in [0.2, 0.25) is 0 Å². The number of aromatic nitrogens is 5. The molecular weight excluding hydrogens is 326 g/mol. The first-order valence-electron chi connectivity index (χ1n) is 7.16. The Morgan fingerprint density at radius 2 is 2.09 bits per heavy atom. The van der Waals surface area contributed by atoms with Crippen LogP contribution in [0, 0.1) is 0 Å². The van der Waals surface area contributed by atoms with E-state index in [-0.39, 0.29) is 0 Å². The van der Waals surface area contributed by atoms with Gasteiger partial charge in [0.25, 0.3) is 0 Å². The first-order valence-corrected chi connectivity index (χ1v) is 8.87. The van der Waals surface area contributed by atoms with E-state index in [4.69, 9.17) is 4.98 Å². The standard InChI is InChI=1S/C16H13N5S2/c1-2-12(8-17-4-1)16-20-14(11-22-16)3-6-21-7-5-18-15(21)13-9-19-23-10-13/h1-2,4-5,7-11H,3,6H2. The molecule has 4 heterocycles. The molecule has 0 bridgehead atoms. The van der Waals surface area contributed by atoms with E-state index in [9.17, 15) is 0 Å². The van der Waals surface area contributed by atoms with Crippen molar-refractivity contribution in [3.05, 3.63) is 59.6 Å². The molecule has 0 amide bonds. The van der Waals surface area contributed by atoms with Gasteiger partial charge in [0.15, 0.2) is 0 Å². The predicted molar refractivity (Wildman–Crippen MR) is 92.4 cm³/mol. The SMILES string of the molecule is c1cncc(-c2nc(CCn3ccnc3-c3cnsc3)cs2)c1. The lowest BCUT2D eigenvalue weighted by atomic mass is 10.3. The maximum absolute atomic E-state index is 4.71. The Hall–Kier alpha value is -2.38. The van der Waals surface area contributed by atoms with Gasteiger partial charge in [-0.15, -0.1) is 11.3 Å². The van der Waals surface area contributed by atoms with Crippen molar-refractivity contribution >= 4 is 22.9 Å². The number of hydrogen-bond acceptors (Lipinski definition) is 6. The summed E-state index contributed by atoms with van der Waals surface area (Å²) in [5.74, 6) is 0.960. The molecule has 0 aliphatic heterocycles. The van der Waals surface area contributed by atoms with Crippen LogP contribution in [0.3, 0.4) is 0 Å². The van der Waals surface area contributed by atoms with Crippen LogP contribution >= 0.6 is 22.9 Å². The summed E-state index contributed by atoms with van der Waals surface area (Å²) in [6, 6.07) is 3.97. The molecule has 4 rings (SSSR count). The van der Waals surface area contributed by atoms with E-state index in [1.54, 1.807) is 17.5 Å². The van der Waals surface area contributed by atoms with Crippen molar-refractivity contribution in [2.75, 3.05) is 0 Å². The minimum Gasteiger partial charge on any atom is -0.331 e. The maximum Gasteiger partial charge on any atom is 0.142 e. The van der Waals surface area contributed by atoms with Crippen LogP contribution in [0.15, 0.2) is 53.9 Å². The second kappa shape index (κ2) is 6.39. The molecule has 5 nitrogen and oxygen atoms in total. The lowest BCUT2D eigenvalue weighted by molar-refractivity contribution is 0.695. The van der Waals surface area contributed by atoms with Gasteiger partial charge in [0, 0.05) is 59.6 Å². The molecule has 0 aliphatic rings. The maximum atomic E-state index is 4.71. The summed E-state index contributed by atoms with van der Waals surface area (Å²) in [4.78, 5) is 13.3. The predicted octanol–water partition coefficient (Wildman–Crippen LogP) is 3.77. The van der Waals surface area contributed by atoms with Crippen molar-refractivity contribution in [2.24, 2.45) is 0 Å². The van der Waals surface area contributed by atoms with Gasteiger partial charge >= 0.3 is 0 Å². The molecule has 0 saturated carbocycles. The highest BCUT2D eigenvalue weighted by atomic mass is 32.1. The summed E-state index contributed by atoms with van der Waals surface area (Å²) in [6.45, 7) is 0.849. The van der Waals surface area contributed by atoms with Gasteiger partial charge in [-0.2, -0.15) is 0 Å². The monoisotopic (exact) mass is 339 g/mol. The Morgan fingerprint density at radius 3 is 2.91 bits per heavy atom. The molecule has 4 aromatic heterocycles. The van der Waals surface area contributed by atoms with E-state index in [1.807, 2.05) is 42.3 Å². The van der Waals surface area contributed by atoms with Crippen LogP contribution in [0.25, 0.3) is 22.0 Å². The molecular formula is C16H13N5S2. The summed E-state index contributed by atoms with van der Waals surface area (Å²) in [6.07, 6.45) is 10.2. The summed E-state index contributed by atoms with van der Waals surface area (Å²) in [7, 11) is 0. The number of rotatable bonds is 5. The minimum atomic E-state index is 0.849. The van der Waals surface area contributed by atoms with E-state index in [0.29, 0.717) is 0 Å². The molecule has 0 atom stereocenters. The average Bonchev–Trinajstić information content (AvgIpc) is 3.33. The molecule has 0 aliphatic carbocycles. The number of pyridine rings is 1. The van der Waals surface area contributed by atoms with Gasteiger partial charge in [0.05, 0.1) is 11.9 Å². The van der Waals surface area contributed by atoms with Crippen molar-refractivity contribution in [3.8, 4) is 22.0 Å². The smallest absolute Gasteiger partial charge is 0.142 e. The molecule has 0 aromatic carbocycles. The third-order valence-electron chi connectivity index (χ3n) is 3.48. The average molecular weight is 339 g/mol. The molecule has 0 N–H and O–H groups in total. The molecule has 4 aromatic rings. The van der Waals surface area contributed by atoms with Crippen LogP contribution in [-0.4, -0.2) is 23.9 Å². The second-order valence-corrected chi connectivity index (χ2v) is 6.51.